The molecule has 1 unspecified atom stereocenters. The van der Waals surface area contributed by atoms with Gasteiger partial charge in [-0.3, -0.25) is 0 Å². The van der Waals surface area contributed by atoms with E-state index in [9.17, 15) is 5.11 Å². The molecule has 2 heterocycles. The first-order chi connectivity index (χ1) is 7.65. The molecule has 1 aromatic rings. The molecular weight excluding hydrogens is 286 g/mol. The molecule has 0 aromatic carbocycles. The summed E-state index contributed by atoms with van der Waals surface area (Å²) < 4.78 is 1.06. The Morgan fingerprint density at radius 3 is 2.94 bits per heavy atom. The molecule has 0 radical (unpaired) electrons. The minimum atomic E-state index is -0.614. The summed E-state index contributed by atoms with van der Waals surface area (Å²) in [5, 5.41) is 12.8. The molecule has 1 saturated heterocycles. The van der Waals surface area contributed by atoms with Gasteiger partial charge in [0.25, 0.3) is 0 Å². The molecule has 1 atom stereocenters. The van der Waals surface area contributed by atoms with Crippen LogP contribution in [0.2, 0.25) is 0 Å². The van der Waals surface area contributed by atoms with Gasteiger partial charge in [-0.15, -0.1) is 11.3 Å². The van der Waals surface area contributed by atoms with Gasteiger partial charge in [-0.25, -0.2) is 0 Å². The highest BCUT2D eigenvalue weighted by Crippen LogP contribution is 2.40. The van der Waals surface area contributed by atoms with Crippen LogP contribution in [0.15, 0.2) is 15.9 Å². The van der Waals surface area contributed by atoms with Crippen LogP contribution in [0, 0.1) is 0 Å². The zero-order valence-corrected chi connectivity index (χ0v) is 12.0. The van der Waals surface area contributed by atoms with Crippen LogP contribution in [0.5, 0.6) is 0 Å². The fraction of sp³-hybridized carbons (Fsp3) is 0.667. The van der Waals surface area contributed by atoms with Gasteiger partial charge < -0.3 is 10.0 Å². The number of nitrogens with zero attached hydrogens (tertiary/aromatic N) is 1. The van der Waals surface area contributed by atoms with Gasteiger partial charge in [0.2, 0.25) is 0 Å². The summed E-state index contributed by atoms with van der Waals surface area (Å²) in [5.41, 5.74) is -0.614. The van der Waals surface area contributed by atoms with Crippen molar-refractivity contribution in [2.75, 3.05) is 19.6 Å². The highest BCUT2D eigenvalue weighted by atomic mass is 79.9. The number of rotatable bonds is 2. The van der Waals surface area contributed by atoms with Gasteiger partial charge >= 0.3 is 0 Å². The monoisotopic (exact) mass is 303 g/mol. The molecule has 1 aliphatic rings. The van der Waals surface area contributed by atoms with E-state index in [1.807, 2.05) is 11.4 Å². The van der Waals surface area contributed by atoms with E-state index in [0.717, 1.165) is 48.2 Å². The molecule has 0 saturated carbocycles. The second kappa shape index (κ2) is 5.17. The minimum absolute atomic E-state index is 0.614. The summed E-state index contributed by atoms with van der Waals surface area (Å²) in [7, 11) is 0. The molecule has 1 N–H and O–H groups in total. The Bertz CT molecular complexity index is 355. The van der Waals surface area contributed by atoms with Crippen LogP contribution in [-0.4, -0.2) is 29.6 Å². The van der Waals surface area contributed by atoms with Gasteiger partial charge in [0.05, 0.1) is 4.88 Å². The van der Waals surface area contributed by atoms with Gasteiger partial charge in [0.1, 0.15) is 5.60 Å². The molecule has 0 bridgehead atoms. The lowest BCUT2D eigenvalue weighted by Gasteiger charge is -2.26. The number of thiophene rings is 1. The van der Waals surface area contributed by atoms with Gasteiger partial charge in [0.15, 0.2) is 0 Å². The molecule has 1 aromatic heterocycles. The Kier molecular flexibility index (Phi) is 4.06. The van der Waals surface area contributed by atoms with Crippen LogP contribution in [0.4, 0.5) is 0 Å². The summed E-state index contributed by atoms with van der Waals surface area (Å²) >= 11 is 5.19. The van der Waals surface area contributed by atoms with Gasteiger partial charge in [-0.05, 0) is 59.7 Å². The van der Waals surface area contributed by atoms with Crippen molar-refractivity contribution in [3.8, 4) is 0 Å². The van der Waals surface area contributed by atoms with E-state index < -0.39 is 5.60 Å². The Hall–Kier alpha value is 0.100. The van der Waals surface area contributed by atoms with Crippen molar-refractivity contribution in [1.29, 1.82) is 0 Å². The van der Waals surface area contributed by atoms with E-state index in [1.54, 1.807) is 11.3 Å². The van der Waals surface area contributed by atoms with Gasteiger partial charge in [-0.2, -0.15) is 0 Å². The maximum Gasteiger partial charge on any atom is 0.101 e. The lowest BCUT2D eigenvalue weighted by atomic mass is 9.93. The zero-order valence-electron chi connectivity index (χ0n) is 9.58. The fourth-order valence-corrected chi connectivity index (χ4v) is 4.24. The zero-order chi connectivity index (χ0) is 11.6. The van der Waals surface area contributed by atoms with Crippen LogP contribution < -0.4 is 0 Å². The topological polar surface area (TPSA) is 23.5 Å². The van der Waals surface area contributed by atoms with Crippen molar-refractivity contribution >= 4 is 27.3 Å². The number of halogens is 1. The maximum absolute atomic E-state index is 10.8. The molecule has 0 amide bonds. The van der Waals surface area contributed by atoms with Crippen molar-refractivity contribution in [2.24, 2.45) is 0 Å². The van der Waals surface area contributed by atoms with Crippen LogP contribution in [0.25, 0.3) is 0 Å². The van der Waals surface area contributed by atoms with Crippen molar-refractivity contribution in [3.05, 3.63) is 20.8 Å². The molecule has 0 spiro atoms. The average molecular weight is 304 g/mol. The summed E-state index contributed by atoms with van der Waals surface area (Å²) in [6.45, 7) is 5.38. The first kappa shape index (κ1) is 12.6. The van der Waals surface area contributed by atoms with Crippen LogP contribution in [0.1, 0.15) is 31.1 Å². The first-order valence-corrected chi connectivity index (χ1v) is 7.51. The highest BCUT2D eigenvalue weighted by Gasteiger charge is 2.34. The van der Waals surface area contributed by atoms with Crippen LogP contribution in [0.3, 0.4) is 0 Å². The van der Waals surface area contributed by atoms with E-state index in [1.165, 1.54) is 0 Å². The molecule has 90 valence electrons. The smallest absolute Gasteiger partial charge is 0.101 e. The van der Waals surface area contributed by atoms with E-state index in [4.69, 9.17) is 0 Å². The maximum atomic E-state index is 10.8. The second-order valence-corrected chi connectivity index (χ2v) is 6.19. The Balaban J connectivity index is 2.16. The lowest BCUT2D eigenvalue weighted by molar-refractivity contribution is 0.0244. The largest absolute Gasteiger partial charge is 0.384 e. The molecule has 1 aliphatic heterocycles. The van der Waals surface area contributed by atoms with Gasteiger partial charge in [0, 0.05) is 11.0 Å². The van der Waals surface area contributed by atoms with Crippen molar-refractivity contribution in [2.45, 2.75) is 31.8 Å². The van der Waals surface area contributed by atoms with Crippen molar-refractivity contribution in [1.82, 2.24) is 4.90 Å². The van der Waals surface area contributed by atoms with Crippen molar-refractivity contribution in [3.63, 3.8) is 0 Å². The SMILES string of the molecule is CCN1CCCC(O)(c2sccc2Br)CC1. The fourth-order valence-electron chi connectivity index (χ4n) is 2.34. The lowest BCUT2D eigenvalue weighted by Crippen LogP contribution is -2.28. The predicted octanol–water partition coefficient (Wildman–Crippen LogP) is 3.20. The Morgan fingerprint density at radius 2 is 2.31 bits per heavy atom. The van der Waals surface area contributed by atoms with Crippen LogP contribution in [-0.2, 0) is 5.60 Å². The summed E-state index contributed by atoms with van der Waals surface area (Å²) in [6.07, 6.45) is 2.80. The number of aliphatic hydroxyl groups is 1. The summed E-state index contributed by atoms with van der Waals surface area (Å²) in [6, 6.07) is 2.03. The van der Waals surface area contributed by atoms with E-state index in [-0.39, 0.29) is 0 Å². The number of hydrogen-bond donors (Lipinski definition) is 1. The van der Waals surface area contributed by atoms with Crippen LogP contribution >= 0.6 is 27.3 Å². The Morgan fingerprint density at radius 1 is 1.50 bits per heavy atom. The van der Waals surface area contributed by atoms with E-state index >= 15 is 0 Å². The van der Waals surface area contributed by atoms with E-state index in [0.29, 0.717) is 0 Å². The Labute approximate surface area is 109 Å². The molecule has 0 aliphatic carbocycles. The molecular formula is C12H18BrNOS. The average Bonchev–Trinajstić information content (AvgIpc) is 2.60. The normalized spacial score (nSPS) is 27.9. The van der Waals surface area contributed by atoms with Gasteiger partial charge in [-0.1, -0.05) is 6.92 Å². The summed E-state index contributed by atoms with van der Waals surface area (Å²) in [5.74, 6) is 0. The summed E-state index contributed by atoms with van der Waals surface area (Å²) in [4.78, 5) is 3.52. The van der Waals surface area contributed by atoms with Crippen molar-refractivity contribution < 1.29 is 5.11 Å². The standard InChI is InChI=1S/C12H18BrNOS/c1-2-14-7-3-5-12(15,6-8-14)11-10(13)4-9-16-11/h4,9,15H,2-3,5-8H2,1H3. The molecule has 16 heavy (non-hydrogen) atoms. The molecule has 2 rings (SSSR count). The highest BCUT2D eigenvalue weighted by molar-refractivity contribution is 9.10. The third-order valence-corrected chi connectivity index (χ3v) is 5.42. The number of hydrogen-bond acceptors (Lipinski definition) is 3. The minimum Gasteiger partial charge on any atom is -0.384 e. The third-order valence-electron chi connectivity index (χ3n) is 3.39. The molecule has 2 nitrogen and oxygen atoms in total. The predicted molar refractivity (Wildman–Crippen MR) is 71.9 cm³/mol. The molecule has 4 heteroatoms. The molecule has 1 fully saturated rings. The first-order valence-electron chi connectivity index (χ1n) is 5.84. The second-order valence-electron chi connectivity index (χ2n) is 4.42. The third kappa shape index (κ3) is 2.50. The van der Waals surface area contributed by atoms with E-state index in [2.05, 4.69) is 27.8 Å². The number of likely N-dealkylation sites (tertiary alicyclic amines) is 1. The quantitative estimate of drug-likeness (QED) is 0.907.